The van der Waals surface area contributed by atoms with E-state index < -0.39 is 21.9 Å². The van der Waals surface area contributed by atoms with Crippen molar-refractivity contribution in [3.63, 3.8) is 0 Å². The van der Waals surface area contributed by atoms with Crippen LogP contribution < -0.4 is 4.72 Å². The van der Waals surface area contributed by atoms with Crippen LogP contribution in [0.2, 0.25) is 0 Å². The first-order valence-electron chi connectivity index (χ1n) is 5.26. The SMILES string of the molecule is Cc1[nH]ncc1NS(=O)(=O)c1ccc(C(F)(F)F)nc1. The van der Waals surface area contributed by atoms with Crippen LogP contribution in [0, 0.1) is 6.92 Å². The summed E-state index contributed by atoms with van der Waals surface area (Å²) >= 11 is 0. The molecule has 10 heteroatoms. The fourth-order valence-electron chi connectivity index (χ4n) is 1.36. The maximum Gasteiger partial charge on any atom is 0.433 e. The van der Waals surface area contributed by atoms with Gasteiger partial charge in [0.25, 0.3) is 10.0 Å². The first kappa shape index (κ1) is 14.3. The summed E-state index contributed by atoms with van der Waals surface area (Å²) in [5.41, 5.74) is -0.464. The quantitative estimate of drug-likeness (QED) is 0.907. The van der Waals surface area contributed by atoms with Crippen LogP contribution in [0.4, 0.5) is 18.9 Å². The zero-order valence-electron chi connectivity index (χ0n) is 10.1. The normalized spacial score (nSPS) is 12.4. The second kappa shape index (κ2) is 4.78. The van der Waals surface area contributed by atoms with E-state index in [0.29, 0.717) is 18.0 Å². The van der Waals surface area contributed by atoms with E-state index in [1.165, 1.54) is 6.20 Å². The molecular weight excluding hydrogens is 297 g/mol. The fraction of sp³-hybridized carbons (Fsp3) is 0.200. The second-order valence-corrected chi connectivity index (χ2v) is 5.57. The molecule has 0 atom stereocenters. The van der Waals surface area contributed by atoms with Gasteiger partial charge < -0.3 is 0 Å². The Balaban J connectivity index is 2.29. The third kappa shape index (κ3) is 2.90. The van der Waals surface area contributed by atoms with Gasteiger partial charge in [-0.1, -0.05) is 0 Å². The van der Waals surface area contributed by atoms with Crippen molar-refractivity contribution >= 4 is 15.7 Å². The molecule has 2 heterocycles. The fourth-order valence-corrected chi connectivity index (χ4v) is 2.42. The van der Waals surface area contributed by atoms with Gasteiger partial charge in [0.2, 0.25) is 0 Å². The molecule has 0 amide bonds. The van der Waals surface area contributed by atoms with Crippen LogP contribution in [-0.2, 0) is 16.2 Å². The van der Waals surface area contributed by atoms with E-state index in [1.807, 2.05) is 0 Å². The predicted molar refractivity (Wildman–Crippen MR) is 63.4 cm³/mol. The Bertz CT molecular complexity index is 707. The summed E-state index contributed by atoms with van der Waals surface area (Å²) in [5, 5.41) is 6.16. The van der Waals surface area contributed by atoms with E-state index in [2.05, 4.69) is 19.9 Å². The van der Waals surface area contributed by atoms with Crippen LogP contribution in [0.15, 0.2) is 29.4 Å². The van der Waals surface area contributed by atoms with Gasteiger partial charge in [-0.05, 0) is 19.1 Å². The highest BCUT2D eigenvalue weighted by Crippen LogP contribution is 2.28. The number of rotatable bonds is 3. The number of alkyl halides is 3. The lowest BCUT2D eigenvalue weighted by Gasteiger charge is -2.08. The van der Waals surface area contributed by atoms with Crippen molar-refractivity contribution in [2.45, 2.75) is 18.0 Å². The predicted octanol–water partition coefficient (Wildman–Crippen LogP) is 1.93. The number of hydrogen-bond acceptors (Lipinski definition) is 4. The number of aryl methyl sites for hydroxylation is 1. The molecule has 2 aromatic heterocycles. The highest BCUT2D eigenvalue weighted by atomic mass is 32.2. The number of pyridine rings is 1. The molecule has 0 aliphatic carbocycles. The van der Waals surface area contributed by atoms with Crippen LogP contribution in [0.3, 0.4) is 0 Å². The Hall–Kier alpha value is -2.10. The lowest BCUT2D eigenvalue weighted by atomic mass is 10.3. The summed E-state index contributed by atoms with van der Waals surface area (Å²) in [7, 11) is -4.01. The minimum absolute atomic E-state index is 0.213. The number of halogens is 3. The van der Waals surface area contributed by atoms with E-state index in [0.717, 1.165) is 6.07 Å². The molecule has 108 valence electrons. The summed E-state index contributed by atoms with van der Waals surface area (Å²) in [6.07, 6.45) is -2.71. The van der Waals surface area contributed by atoms with E-state index in [4.69, 9.17) is 0 Å². The number of sulfonamides is 1. The minimum atomic E-state index is -4.61. The smallest absolute Gasteiger partial charge is 0.281 e. The first-order chi connectivity index (χ1) is 9.20. The van der Waals surface area contributed by atoms with Gasteiger partial charge in [-0.25, -0.2) is 8.42 Å². The van der Waals surface area contributed by atoms with Crippen molar-refractivity contribution in [3.8, 4) is 0 Å². The third-order valence-corrected chi connectivity index (χ3v) is 3.76. The minimum Gasteiger partial charge on any atom is -0.281 e. The van der Waals surface area contributed by atoms with Crippen molar-refractivity contribution in [1.82, 2.24) is 15.2 Å². The second-order valence-electron chi connectivity index (χ2n) is 3.89. The maximum atomic E-state index is 12.3. The Morgan fingerprint density at radius 1 is 1.25 bits per heavy atom. The number of hydrogen-bond donors (Lipinski definition) is 2. The number of aromatic nitrogens is 3. The molecule has 0 aliphatic rings. The summed E-state index contributed by atoms with van der Waals surface area (Å²) in [4.78, 5) is 2.73. The van der Waals surface area contributed by atoms with Crippen LogP contribution in [0.1, 0.15) is 11.4 Å². The summed E-state index contributed by atoms with van der Waals surface area (Å²) in [6.45, 7) is 1.59. The van der Waals surface area contributed by atoms with E-state index in [1.54, 1.807) is 6.92 Å². The highest BCUT2D eigenvalue weighted by molar-refractivity contribution is 7.92. The van der Waals surface area contributed by atoms with Crippen molar-refractivity contribution in [3.05, 3.63) is 35.9 Å². The Labute approximate surface area is 112 Å². The number of anilines is 1. The highest BCUT2D eigenvalue weighted by Gasteiger charge is 2.32. The lowest BCUT2D eigenvalue weighted by molar-refractivity contribution is -0.141. The van der Waals surface area contributed by atoms with E-state index in [-0.39, 0.29) is 10.6 Å². The molecule has 0 saturated heterocycles. The van der Waals surface area contributed by atoms with Crippen LogP contribution in [0.5, 0.6) is 0 Å². The van der Waals surface area contributed by atoms with Gasteiger partial charge in [0.15, 0.2) is 0 Å². The molecule has 0 spiro atoms. The van der Waals surface area contributed by atoms with Gasteiger partial charge in [0.05, 0.1) is 17.6 Å². The lowest BCUT2D eigenvalue weighted by Crippen LogP contribution is -2.15. The monoisotopic (exact) mass is 306 g/mol. The first-order valence-corrected chi connectivity index (χ1v) is 6.74. The van der Waals surface area contributed by atoms with E-state index >= 15 is 0 Å². The van der Waals surface area contributed by atoms with Gasteiger partial charge in [0, 0.05) is 6.20 Å². The van der Waals surface area contributed by atoms with Gasteiger partial charge in [-0.3, -0.25) is 14.8 Å². The van der Waals surface area contributed by atoms with Gasteiger partial charge in [0.1, 0.15) is 10.6 Å². The standard InChI is InChI=1S/C10H9F3N4O2S/c1-6-8(5-15-16-6)17-20(18,19)7-2-3-9(14-4-7)10(11,12)13/h2-5,17H,1H3,(H,15,16). The molecule has 2 N–H and O–H groups in total. The van der Waals surface area contributed by atoms with Crippen molar-refractivity contribution in [2.24, 2.45) is 0 Å². The number of H-pyrrole nitrogens is 1. The Kier molecular flexibility index (Phi) is 3.42. The van der Waals surface area contributed by atoms with Crippen molar-refractivity contribution in [2.75, 3.05) is 4.72 Å². The molecule has 0 radical (unpaired) electrons. The zero-order valence-corrected chi connectivity index (χ0v) is 10.9. The summed E-state index contributed by atoms with van der Waals surface area (Å²) < 4.78 is 63.1. The zero-order chi connectivity index (χ0) is 15.0. The van der Waals surface area contributed by atoms with Crippen LogP contribution >= 0.6 is 0 Å². The van der Waals surface area contributed by atoms with Gasteiger partial charge in [-0.2, -0.15) is 18.3 Å². The molecule has 0 bridgehead atoms. The maximum absolute atomic E-state index is 12.3. The Morgan fingerprint density at radius 3 is 2.40 bits per heavy atom. The van der Waals surface area contributed by atoms with Crippen LogP contribution in [-0.4, -0.2) is 23.6 Å². The summed E-state index contributed by atoms with van der Waals surface area (Å²) in [5.74, 6) is 0. The molecule has 20 heavy (non-hydrogen) atoms. The molecule has 0 fully saturated rings. The molecule has 0 saturated carbocycles. The third-order valence-electron chi connectivity index (χ3n) is 2.41. The molecule has 2 aromatic rings. The largest absolute Gasteiger partial charge is 0.433 e. The molecule has 0 unspecified atom stereocenters. The number of aromatic amines is 1. The average molecular weight is 306 g/mol. The molecule has 6 nitrogen and oxygen atoms in total. The summed E-state index contributed by atoms with van der Waals surface area (Å²) in [6, 6.07) is 1.45. The number of nitrogens with one attached hydrogen (secondary N) is 2. The molecular formula is C10H9F3N4O2S. The van der Waals surface area contributed by atoms with Crippen LogP contribution in [0.25, 0.3) is 0 Å². The average Bonchev–Trinajstić information content (AvgIpc) is 2.73. The molecule has 2 rings (SSSR count). The molecule has 0 aliphatic heterocycles. The molecule has 0 aromatic carbocycles. The Morgan fingerprint density at radius 2 is 1.95 bits per heavy atom. The van der Waals surface area contributed by atoms with Crippen molar-refractivity contribution < 1.29 is 21.6 Å². The number of nitrogens with zero attached hydrogens (tertiary/aromatic N) is 2. The van der Waals surface area contributed by atoms with Crippen molar-refractivity contribution in [1.29, 1.82) is 0 Å². The van der Waals surface area contributed by atoms with E-state index in [9.17, 15) is 21.6 Å². The van der Waals surface area contributed by atoms with Gasteiger partial charge >= 0.3 is 6.18 Å². The van der Waals surface area contributed by atoms with Gasteiger partial charge in [-0.15, -0.1) is 0 Å². The topological polar surface area (TPSA) is 87.7 Å².